The number of methoxy groups -OCH3 is 2. The molecule has 0 atom stereocenters. The van der Waals surface area contributed by atoms with Gasteiger partial charge in [-0.2, -0.15) is 0 Å². The van der Waals surface area contributed by atoms with Crippen molar-refractivity contribution in [2.45, 2.75) is 20.3 Å². The van der Waals surface area contributed by atoms with Crippen molar-refractivity contribution >= 4 is 17.6 Å². The maximum absolute atomic E-state index is 11.1. The molecule has 0 aliphatic carbocycles. The molecule has 4 nitrogen and oxygen atoms in total. The number of hydrogen-bond acceptors (Lipinski definition) is 3. The summed E-state index contributed by atoms with van der Waals surface area (Å²) in [7, 11) is 3.05. The molecule has 0 fully saturated rings. The molecule has 0 saturated heterocycles. The monoisotopic (exact) mass is 272 g/mol. The Morgan fingerprint density at radius 1 is 1.28 bits per heavy atom. The Hall–Kier alpha value is -1.42. The van der Waals surface area contributed by atoms with Crippen molar-refractivity contribution in [1.29, 1.82) is 0 Å². The zero-order chi connectivity index (χ0) is 13.9. The molecule has 0 aromatic heterocycles. The van der Waals surface area contributed by atoms with Crippen LogP contribution in [0.3, 0.4) is 0 Å². The largest absolute Gasteiger partial charge is 0.493 e. The fourth-order valence-electron chi connectivity index (χ4n) is 1.58. The molecule has 0 radical (unpaired) electrons. The van der Waals surface area contributed by atoms with E-state index in [9.17, 15) is 4.79 Å². The number of carboxylic acid groups (broad SMARTS) is 1. The summed E-state index contributed by atoms with van der Waals surface area (Å²) in [5.74, 6) is 0.200. The summed E-state index contributed by atoms with van der Waals surface area (Å²) >= 11 is 6.12. The average Bonchev–Trinajstić information content (AvgIpc) is 2.30. The van der Waals surface area contributed by atoms with E-state index in [-0.39, 0.29) is 0 Å². The number of aliphatic carboxylic acids is 1. The van der Waals surface area contributed by atoms with Gasteiger partial charge in [0.05, 0.1) is 19.6 Å². The van der Waals surface area contributed by atoms with Crippen molar-refractivity contribution in [3.05, 3.63) is 22.7 Å². The summed E-state index contributed by atoms with van der Waals surface area (Å²) in [4.78, 5) is 11.1. The van der Waals surface area contributed by atoms with Crippen LogP contribution < -0.4 is 9.47 Å². The van der Waals surface area contributed by atoms with E-state index < -0.39 is 11.4 Å². The number of benzene rings is 1. The summed E-state index contributed by atoms with van der Waals surface area (Å²) in [6.07, 6.45) is 0.321. The summed E-state index contributed by atoms with van der Waals surface area (Å²) in [5, 5.41) is 9.60. The smallest absolute Gasteiger partial charge is 0.309 e. The third-order valence-corrected chi connectivity index (χ3v) is 3.12. The number of halogens is 1. The Labute approximate surface area is 111 Å². The quantitative estimate of drug-likeness (QED) is 0.895. The van der Waals surface area contributed by atoms with Gasteiger partial charge in [-0.25, -0.2) is 0 Å². The van der Waals surface area contributed by atoms with E-state index in [4.69, 9.17) is 26.2 Å². The molecular weight excluding hydrogens is 256 g/mol. The maximum Gasteiger partial charge on any atom is 0.309 e. The Morgan fingerprint density at radius 2 is 1.78 bits per heavy atom. The van der Waals surface area contributed by atoms with E-state index in [0.717, 1.165) is 5.56 Å². The predicted octanol–water partition coefficient (Wildman–Crippen LogP) is 3.01. The van der Waals surface area contributed by atoms with Crippen LogP contribution in [0.1, 0.15) is 19.4 Å². The van der Waals surface area contributed by atoms with E-state index in [1.165, 1.54) is 14.2 Å². The molecule has 0 spiro atoms. The lowest BCUT2D eigenvalue weighted by molar-refractivity contribution is -0.146. The van der Waals surface area contributed by atoms with Gasteiger partial charge in [0, 0.05) is 11.1 Å². The molecule has 1 aromatic rings. The van der Waals surface area contributed by atoms with E-state index in [1.54, 1.807) is 26.0 Å². The van der Waals surface area contributed by atoms with Gasteiger partial charge in [0.25, 0.3) is 0 Å². The highest BCUT2D eigenvalue weighted by molar-refractivity contribution is 6.31. The first kappa shape index (κ1) is 14.6. The Balaban J connectivity index is 3.14. The van der Waals surface area contributed by atoms with Gasteiger partial charge >= 0.3 is 5.97 Å². The molecule has 1 N–H and O–H groups in total. The first-order valence-electron chi connectivity index (χ1n) is 5.45. The lowest BCUT2D eigenvalue weighted by Crippen LogP contribution is -2.26. The molecule has 5 heteroatoms. The highest BCUT2D eigenvalue weighted by atomic mass is 35.5. The van der Waals surface area contributed by atoms with Gasteiger partial charge in [0.2, 0.25) is 0 Å². The normalized spacial score (nSPS) is 11.2. The molecule has 0 unspecified atom stereocenters. The molecule has 1 aromatic carbocycles. The van der Waals surface area contributed by atoms with Crippen LogP contribution in [-0.4, -0.2) is 25.3 Å². The molecule has 1 rings (SSSR count). The van der Waals surface area contributed by atoms with Gasteiger partial charge in [-0.15, -0.1) is 0 Å². The summed E-state index contributed by atoms with van der Waals surface area (Å²) < 4.78 is 10.3. The second-order valence-electron chi connectivity index (χ2n) is 4.66. The van der Waals surface area contributed by atoms with Crippen molar-refractivity contribution < 1.29 is 19.4 Å². The fraction of sp³-hybridized carbons (Fsp3) is 0.462. The molecule has 0 bridgehead atoms. The van der Waals surface area contributed by atoms with Crippen LogP contribution in [0.4, 0.5) is 0 Å². The van der Waals surface area contributed by atoms with E-state index >= 15 is 0 Å². The Morgan fingerprint density at radius 3 is 2.22 bits per heavy atom. The third kappa shape index (κ3) is 3.07. The van der Waals surface area contributed by atoms with Gasteiger partial charge in [-0.05, 0) is 31.9 Å². The molecular formula is C13H17ClO4. The minimum absolute atomic E-state index is 0.321. The first-order valence-corrected chi connectivity index (χ1v) is 5.83. The summed E-state index contributed by atoms with van der Waals surface area (Å²) in [5.41, 5.74) is -0.162. The predicted molar refractivity (Wildman–Crippen MR) is 69.7 cm³/mol. The van der Waals surface area contributed by atoms with Crippen LogP contribution in [0.5, 0.6) is 11.5 Å². The van der Waals surface area contributed by atoms with Crippen molar-refractivity contribution in [1.82, 2.24) is 0 Å². The van der Waals surface area contributed by atoms with Crippen LogP contribution in [0.2, 0.25) is 5.02 Å². The van der Waals surface area contributed by atoms with Crippen molar-refractivity contribution in [2.24, 2.45) is 5.41 Å². The number of ether oxygens (including phenoxy) is 2. The van der Waals surface area contributed by atoms with Crippen LogP contribution in [0.25, 0.3) is 0 Å². The number of carbonyl (C=O) groups is 1. The van der Waals surface area contributed by atoms with E-state index in [1.807, 2.05) is 0 Å². The molecule has 100 valence electrons. The van der Waals surface area contributed by atoms with Crippen LogP contribution in [0, 0.1) is 5.41 Å². The zero-order valence-corrected chi connectivity index (χ0v) is 11.7. The Kier molecular flexibility index (Phi) is 4.46. The lowest BCUT2D eigenvalue weighted by atomic mass is 9.86. The number of hydrogen-bond donors (Lipinski definition) is 1. The van der Waals surface area contributed by atoms with Crippen LogP contribution >= 0.6 is 11.6 Å². The lowest BCUT2D eigenvalue weighted by Gasteiger charge is -2.20. The molecule has 0 saturated carbocycles. The van der Waals surface area contributed by atoms with Gasteiger partial charge in [0.15, 0.2) is 11.5 Å². The number of carboxylic acids is 1. The molecule has 0 amide bonds. The first-order chi connectivity index (χ1) is 8.31. The molecule has 0 aliphatic heterocycles. The molecule has 0 heterocycles. The minimum Gasteiger partial charge on any atom is -0.493 e. The van der Waals surface area contributed by atoms with Gasteiger partial charge in [0.1, 0.15) is 0 Å². The topological polar surface area (TPSA) is 55.8 Å². The van der Waals surface area contributed by atoms with Crippen LogP contribution in [0.15, 0.2) is 12.1 Å². The Bertz CT molecular complexity index is 455. The van der Waals surface area contributed by atoms with Gasteiger partial charge in [-0.1, -0.05) is 11.6 Å². The van der Waals surface area contributed by atoms with Crippen molar-refractivity contribution in [3.8, 4) is 11.5 Å². The zero-order valence-electron chi connectivity index (χ0n) is 10.9. The minimum atomic E-state index is -0.886. The molecule has 0 aliphatic rings. The summed E-state index contributed by atoms with van der Waals surface area (Å²) in [6, 6.07) is 3.35. The van der Waals surface area contributed by atoms with E-state index in [2.05, 4.69) is 0 Å². The SMILES string of the molecule is COc1cc(Cl)c(CC(C)(C)C(=O)O)cc1OC. The second-order valence-corrected chi connectivity index (χ2v) is 5.07. The highest BCUT2D eigenvalue weighted by Gasteiger charge is 2.28. The van der Waals surface area contributed by atoms with Gasteiger partial charge in [-0.3, -0.25) is 4.79 Å². The van der Waals surface area contributed by atoms with E-state index in [0.29, 0.717) is 22.9 Å². The third-order valence-electron chi connectivity index (χ3n) is 2.76. The maximum atomic E-state index is 11.1. The molecule has 18 heavy (non-hydrogen) atoms. The highest BCUT2D eigenvalue weighted by Crippen LogP contribution is 2.36. The van der Waals surface area contributed by atoms with Gasteiger partial charge < -0.3 is 14.6 Å². The summed E-state index contributed by atoms with van der Waals surface area (Å²) in [6.45, 7) is 3.31. The standard InChI is InChI=1S/C13H17ClO4/c1-13(2,12(15)16)7-8-5-10(17-3)11(18-4)6-9(8)14/h5-6H,7H2,1-4H3,(H,15,16). The fourth-order valence-corrected chi connectivity index (χ4v) is 1.80. The average molecular weight is 273 g/mol. The van der Waals surface area contributed by atoms with Crippen molar-refractivity contribution in [2.75, 3.05) is 14.2 Å². The number of rotatable bonds is 5. The van der Waals surface area contributed by atoms with Crippen molar-refractivity contribution in [3.63, 3.8) is 0 Å². The van der Waals surface area contributed by atoms with Crippen LogP contribution in [-0.2, 0) is 11.2 Å². The second kappa shape index (κ2) is 5.48.